The van der Waals surface area contributed by atoms with Crippen LogP contribution < -0.4 is 5.32 Å². The largest absolute Gasteiger partial charge is 0.405 e. The van der Waals surface area contributed by atoms with Gasteiger partial charge in [0.15, 0.2) is 0 Å². The van der Waals surface area contributed by atoms with Gasteiger partial charge in [-0.25, -0.2) is 0 Å². The highest BCUT2D eigenvalue weighted by Gasteiger charge is 2.35. The van der Waals surface area contributed by atoms with Crippen LogP contribution in [0.4, 0.5) is 13.2 Å². The van der Waals surface area contributed by atoms with E-state index in [9.17, 15) is 18.0 Å². The molecule has 2 saturated heterocycles. The van der Waals surface area contributed by atoms with E-state index < -0.39 is 24.7 Å². The van der Waals surface area contributed by atoms with Gasteiger partial charge in [0.1, 0.15) is 6.54 Å². The van der Waals surface area contributed by atoms with Gasteiger partial charge in [-0.15, -0.1) is 0 Å². The molecule has 0 aromatic rings. The van der Waals surface area contributed by atoms with Crippen LogP contribution in [0.25, 0.3) is 0 Å². The Balaban J connectivity index is 1.83. The first kappa shape index (κ1) is 17.5. The SMILES string of the molecule is CCN1CCOC(CN2CCCC2C(=O)NCC(F)(F)F)C1. The second-order valence-corrected chi connectivity index (χ2v) is 5.87. The van der Waals surface area contributed by atoms with Crippen molar-refractivity contribution in [1.29, 1.82) is 0 Å². The number of ether oxygens (including phenoxy) is 1. The molecular formula is C14H24F3N3O2. The van der Waals surface area contributed by atoms with Gasteiger partial charge in [-0.05, 0) is 25.9 Å². The number of carbonyl (C=O) groups excluding carboxylic acids is 1. The predicted octanol–water partition coefficient (Wildman–Crippen LogP) is 0.850. The molecule has 1 amide bonds. The average Bonchev–Trinajstić information content (AvgIpc) is 2.92. The van der Waals surface area contributed by atoms with E-state index in [0.717, 1.165) is 32.6 Å². The fourth-order valence-corrected chi connectivity index (χ4v) is 3.09. The van der Waals surface area contributed by atoms with Gasteiger partial charge in [0, 0.05) is 19.6 Å². The van der Waals surface area contributed by atoms with Crippen LogP contribution in [-0.4, -0.2) is 79.9 Å². The molecule has 2 unspecified atom stereocenters. The molecule has 5 nitrogen and oxygen atoms in total. The molecule has 2 aliphatic rings. The molecule has 2 aliphatic heterocycles. The molecule has 128 valence electrons. The van der Waals surface area contributed by atoms with Crippen LogP contribution in [0.5, 0.6) is 0 Å². The summed E-state index contributed by atoms with van der Waals surface area (Å²) in [6.07, 6.45) is -2.92. The van der Waals surface area contributed by atoms with Gasteiger partial charge in [-0.1, -0.05) is 6.92 Å². The average molecular weight is 323 g/mol. The van der Waals surface area contributed by atoms with E-state index in [-0.39, 0.29) is 6.10 Å². The molecule has 2 atom stereocenters. The van der Waals surface area contributed by atoms with Crippen molar-refractivity contribution < 1.29 is 22.7 Å². The lowest BCUT2D eigenvalue weighted by molar-refractivity contribution is -0.141. The van der Waals surface area contributed by atoms with E-state index in [1.54, 1.807) is 0 Å². The molecule has 2 rings (SSSR count). The van der Waals surface area contributed by atoms with Crippen LogP contribution in [0.3, 0.4) is 0 Å². The molecule has 0 spiro atoms. The zero-order valence-corrected chi connectivity index (χ0v) is 12.9. The number of alkyl halides is 3. The van der Waals surface area contributed by atoms with E-state index >= 15 is 0 Å². The molecular weight excluding hydrogens is 299 g/mol. The highest BCUT2D eigenvalue weighted by atomic mass is 19.4. The summed E-state index contributed by atoms with van der Waals surface area (Å²) >= 11 is 0. The number of morpholine rings is 1. The zero-order chi connectivity index (χ0) is 16.2. The summed E-state index contributed by atoms with van der Waals surface area (Å²) in [6, 6.07) is -0.469. The summed E-state index contributed by atoms with van der Waals surface area (Å²) in [7, 11) is 0. The van der Waals surface area contributed by atoms with Gasteiger partial charge >= 0.3 is 6.18 Å². The fraction of sp³-hybridized carbons (Fsp3) is 0.929. The molecule has 8 heteroatoms. The number of nitrogens with one attached hydrogen (secondary N) is 1. The van der Waals surface area contributed by atoms with Crippen molar-refractivity contribution in [2.24, 2.45) is 0 Å². The Morgan fingerprint density at radius 2 is 2.14 bits per heavy atom. The number of halogens is 3. The van der Waals surface area contributed by atoms with Crippen LogP contribution in [0.2, 0.25) is 0 Å². The first-order valence-corrected chi connectivity index (χ1v) is 7.81. The Bertz CT molecular complexity index is 379. The summed E-state index contributed by atoms with van der Waals surface area (Å²) in [5.74, 6) is -0.530. The molecule has 2 fully saturated rings. The third-order valence-electron chi connectivity index (χ3n) is 4.24. The van der Waals surface area contributed by atoms with E-state index in [0.29, 0.717) is 19.6 Å². The normalized spacial score (nSPS) is 28.0. The maximum Gasteiger partial charge on any atom is 0.405 e. The molecule has 0 bridgehead atoms. The Morgan fingerprint density at radius 3 is 2.82 bits per heavy atom. The minimum absolute atomic E-state index is 0.0183. The molecule has 0 radical (unpaired) electrons. The van der Waals surface area contributed by atoms with E-state index in [1.807, 2.05) is 10.2 Å². The van der Waals surface area contributed by atoms with Crippen molar-refractivity contribution in [3.63, 3.8) is 0 Å². The van der Waals surface area contributed by atoms with E-state index in [1.165, 1.54) is 0 Å². The van der Waals surface area contributed by atoms with Gasteiger partial charge < -0.3 is 10.1 Å². The number of amides is 1. The lowest BCUT2D eigenvalue weighted by Gasteiger charge is -2.35. The number of rotatable bonds is 5. The standard InChI is InChI=1S/C14H24F3N3O2/c1-2-19-6-7-22-11(8-19)9-20-5-3-4-12(20)13(21)18-10-14(15,16)17/h11-12H,2-10H2,1H3,(H,18,21). The highest BCUT2D eigenvalue weighted by Crippen LogP contribution is 2.20. The first-order valence-electron chi connectivity index (χ1n) is 7.81. The Labute approximate surface area is 128 Å². The van der Waals surface area contributed by atoms with Gasteiger partial charge in [0.05, 0.1) is 18.8 Å². The highest BCUT2D eigenvalue weighted by molar-refractivity contribution is 5.82. The Hall–Kier alpha value is -0.860. The number of hydrogen-bond acceptors (Lipinski definition) is 4. The third-order valence-corrected chi connectivity index (χ3v) is 4.24. The van der Waals surface area contributed by atoms with Crippen LogP contribution >= 0.6 is 0 Å². The van der Waals surface area contributed by atoms with Crippen LogP contribution in [-0.2, 0) is 9.53 Å². The maximum atomic E-state index is 12.2. The Kier molecular flexibility index (Phi) is 6.05. The van der Waals surface area contributed by atoms with Crippen LogP contribution in [0.1, 0.15) is 19.8 Å². The number of likely N-dealkylation sites (N-methyl/N-ethyl adjacent to an activating group) is 1. The molecule has 22 heavy (non-hydrogen) atoms. The number of carbonyl (C=O) groups is 1. The van der Waals surface area contributed by atoms with Crippen molar-refractivity contribution in [1.82, 2.24) is 15.1 Å². The van der Waals surface area contributed by atoms with E-state index in [4.69, 9.17) is 4.74 Å². The van der Waals surface area contributed by atoms with E-state index in [2.05, 4.69) is 11.8 Å². The fourth-order valence-electron chi connectivity index (χ4n) is 3.09. The summed E-state index contributed by atoms with van der Waals surface area (Å²) < 4.78 is 42.3. The summed E-state index contributed by atoms with van der Waals surface area (Å²) in [6.45, 7) is 5.49. The van der Waals surface area contributed by atoms with Gasteiger partial charge in [0.2, 0.25) is 5.91 Å². The summed E-state index contributed by atoms with van der Waals surface area (Å²) in [5, 5.41) is 1.99. The lowest BCUT2D eigenvalue weighted by atomic mass is 10.2. The van der Waals surface area contributed by atoms with Crippen molar-refractivity contribution in [3.8, 4) is 0 Å². The second-order valence-electron chi connectivity index (χ2n) is 5.87. The summed E-state index contributed by atoms with van der Waals surface area (Å²) in [5.41, 5.74) is 0. The van der Waals surface area contributed by atoms with Gasteiger partial charge in [-0.3, -0.25) is 14.6 Å². The third kappa shape index (κ3) is 5.10. The minimum Gasteiger partial charge on any atom is -0.374 e. The smallest absolute Gasteiger partial charge is 0.374 e. The molecule has 0 saturated carbocycles. The molecule has 0 aromatic heterocycles. The maximum absolute atomic E-state index is 12.2. The second kappa shape index (κ2) is 7.61. The van der Waals surface area contributed by atoms with Crippen LogP contribution in [0, 0.1) is 0 Å². The Morgan fingerprint density at radius 1 is 1.36 bits per heavy atom. The molecule has 2 heterocycles. The number of likely N-dealkylation sites (tertiary alicyclic amines) is 1. The van der Waals surface area contributed by atoms with Crippen molar-refractivity contribution in [2.75, 3.05) is 45.9 Å². The van der Waals surface area contributed by atoms with Crippen molar-refractivity contribution in [2.45, 2.75) is 38.1 Å². The lowest BCUT2D eigenvalue weighted by Crippen LogP contribution is -2.51. The zero-order valence-electron chi connectivity index (χ0n) is 12.9. The molecule has 1 N–H and O–H groups in total. The first-order chi connectivity index (χ1) is 10.4. The van der Waals surface area contributed by atoms with Gasteiger partial charge in [0.25, 0.3) is 0 Å². The monoisotopic (exact) mass is 323 g/mol. The molecule has 0 aliphatic carbocycles. The predicted molar refractivity (Wildman–Crippen MR) is 75.5 cm³/mol. The topological polar surface area (TPSA) is 44.8 Å². The number of nitrogens with zero attached hydrogens (tertiary/aromatic N) is 2. The summed E-state index contributed by atoms with van der Waals surface area (Å²) in [4.78, 5) is 16.2. The quantitative estimate of drug-likeness (QED) is 0.815. The van der Waals surface area contributed by atoms with Crippen molar-refractivity contribution in [3.05, 3.63) is 0 Å². The minimum atomic E-state index is -4.37. The van der Waals surface area contributed by atoms with Gasteiger partial charge in [-0.2, -0.15) is 13.2 Å². The molecule has 0 aromatic carbocycles. The van der Waals surface area contributed by atoms with Crippen LogP contribution in [0.15, 0.2) is 0 Å². The van der Waals surface area contributed by atoms with Crippen molar-refractivity contribution >= 4 is 5.91 Å². The number of hydrogen-bond donors (Lipinski definition) is 1.